The van der Waals surface area contributed by atoms with Crippen molar-refractivity contribution < 1.29 is 19.4 Å². The molecule has 39 heavy (non-hydrogen) atoms. The molecule has 0 bridgehead atoms. The first-order valence-corrected chi connectivity index (χ1v) is 13.1. The topological polar surface area (TPSA) is 140 Å². The number of amides is 1. The molecule has 0 radical (unpaired) electrons. The van der Waals surface area contributed by atoms with E-state index < -0.39 is 12.5 Å². The maximum Gasteiger partial charge on any atom is 0.248 e. The largest absolute Gasteiger partial charge is 0.491 e. The molecule has 2 fully saturated rings. The Labute approximate surface area is 225 Å². The molecule has 1 aliphatic carbocycles. The molecule has 2 unspecified atom stereocenters. The summed E-state index contributed by atoms with van der Waals surface area (Å²) < 4.78 is 11.6. The Balaban J connectivity index is 1.22. The van der Waals surface area contributed by atoms with Crippen molar-refractivity contribution in [3.8, 4) is 17.5 Å². The van der Waals surface area contributed by atoms with Gasteiger partial charge in [-0.05, 0) is 42.3 Å². The second kappa shape index (κ2) is 10.8. The van der Waals surface area contributed by atoms with Gasteiger partial charge in [-0.1, -0.05) is 6.08 Å². The number of nitriles is 1. The van der Waals surface area contributed by atoms with Gasteiger partial charge in [0.1, 0.15) is 42.1 Å². The van der Waals surface area contributed by atoms with E-state index >= 15 is 0 Å². The van der Waals surface area contributed by atoms with Gasteiger partial charge in [0, 0.05) is 37.3 Å². The van der Waals surface area contributed by atoms with Crippen LogP contribution in [0.15, 0.2) is 48.5 Å². The van der Waals surface area contributed by atoms with Crippen LogP contribution in [-0.4, -0.2) is 88.0 Å². The number of nitrogens with zero attached hydrogens (tertiary/aromatic N) is 6. The van der Waals surface area contributed by atoms with Crippen LogP contribution in [0.4, 0.5) is 5.69 Å². The molecular weight excluding hydrogens is 498 g/mol. The maximum absolute atomic E-state index is 11.8. The summed E-state index contributed by atoms with van der Waals surface area (Å²) in [6.07, 6.45) is 6.13. The van der Waals surface area contributed by atoms with Gasteiger partial charge in [0.2, 0.25) is 5.91 Å². The Kier molecular flexibility index (Phi) is 6.96. The number of carbonyl (C=O) groups is 1. The molecule has 3 aliphatic rings. The Morgan fingerprint density at radius 1 is 1.18 bits per heavy atom. The van der Waals surface area contributed by atoms with E-state index in [4.69, 9.17) is 19.6 Å². The average Bonchev–Trinajstić information content (AvgIpc) is 3.65. The zero-order valence-corrected chi connectivity index (χ0v) is 21.4. The van der Waals surface area contributed by atoms with Crippen LogP contribution in [-0.2, 0) is 14.3 Å². The highest BCUT2D eigenvalue weighted by Gasteiger charge is 2.31. The van der Waals surface area contributed by atoms with Crippen LogP contribution in [0, 0.1) is 17.2 Å². The van der Waals surface area contributed by atoms with Gasteiger partial charge in [0.25, 0.3) is 0 Å². The van der Waals surface area contributed by atoms with Gasteiger partial charge in [0.15, 0.2) is 5.65 Å². The Hall–Kier alpha value is -4.27. The average molecular weight is 528 g/mol. The summed E-state index contributed by atoms with van der Waals surface area (Å²) in [5.41, 5.74) is 4.99. The number of rotatable bonds is 6. The van der Waals surface area contributed by atoms with Gasteiger partial charge < -0.3 is 29.4 Å². The molecule has 0 spiro atoms. The fourth-order valence-corrected chi connectivity index (χ4v) is 5.30. The van der Waals surface area contributed by atoms with Crippen LogP contribution in [0.3, 0.4) is 0 Å². The first-order valence-electron chi connectivity index (χ1n) is 13.1. The molecular formula is C28H29N7O4. The quantitative estimate of drug-likeness (QED) is 0.494. The molecule has 2 atom stereocenters. The highest BCUT2D eigenvalue weighted by molar-refractivity contribution is 5.88. The summed E-state index contributed by atoms with van der Waals surface area (Å²) in [5.74, 6) is 0.502. The van der Waals surface area contributed by atoms with Gasteiger partial charge >= 0.3 is 0 Å². The molecule has 1 amide bonds. The molecule has 2 N–H and O–H groups in total. The fourth-order valence-electron chi connectivity index (χ4n) is 5.30. The molecule has 6 rings (SSSR count). The number of allylic oxidation sites excluding steroid dienone is 4. The van der Waals surface area contributed by atoms with Gasteiger partial charge in [-0.3, -0.25) is 4.79 Å². The van der Waals surface area contributed by atoms with Crippen molar-refractivity contribution in [3.63, 3.8) is 0 Å². The van der Waals surface area contributed by atoms with Crippen LogP contribution in [0.1, 0.15) is 18.5 Å². The van der Waals surface area contributed by atoms with Crippen molar-refractivity contribution in [3.05, 3.63) is 54.2 Å². The summed E-state index contributed by atoms with van der Waals surface area (Å²) in [6, 6.07) is 10.6. The van der Waals surface area contributed by atoms with Crippen LogP contribution in [0.2, 0.25) is 0 Å². The molecule has 2 aromatic heterocycles. The van der Waals surface area contributed by atoms with Crippen LogP contribution >= 0.6 is 0 Å². The molecule has 0 saturated carbocycles. The molecule has 3 aromatic rings. The van der Waals surface area contributed by atoms with E-state index in [1.54, 1.807) is 4.90 Å². The van der Waals surface area contributed by atoms with Crippen molar-refractivity contribution in [2.75, 3.05) is 50.9 Å². The zero-order chi connectivity index (χ0) is 26.8. The molecule has 2 saturated heterocycles. The fraction of sp³-hybridized carbons (Fsp3) is 0.393. The second-order valence-corrected chi connectivity index (χ2v) is 9.83. The molecule has 4 heterocycles. The number of hydrogen-bond donors (Lipinski definition) is 2. The van der Waals surface area contributed by atoms with Crippen molar-refractivity contribution in [2.45, 2.75) is 18.9 Å². The maximum atomic E-state index is 11.8. The number of H-pyrrole nitrogens is 1. The van der Waals surface area contributed by atoms with E-state index in [9.17, 15) is 10.1 Å². The Bertz CT molecular complexity index is 1470. The number of aliphatic hydroxyl groups excluding tert-OH is 1. The zero-order valence-electron chi connectivity index (χ0n) is 21.4. The standard InChI is InChI=1S/C28H29N7O4/c29-14-20-13-19(3-6-23(20)39-22-7-8-35(15-22)24(37)16-36)25-26-28(31-17-30-25)33-27(32-26)18-1-4-21(5-2-18)34-9-11-38-12-10-34/h1-6,17,20,22,36H,7-13,15-16H2,(H,30,31,32,33). The highest BCUT2D eigenvalue weighted by Crippen LogP contribution is 2.35. The number of fused-ring (bicyclic) bond motifs is 1. The van der Waals surface area contributed by atoms with E-state index in [2.05, 4.69) is 38.1 Å². The van der Waals surface area contributed by atoms with E-state index in [1.807, 2.05) is 24.3 Å². The summed E-state index contributed by atoms with van der Waals surface area (Å²) >= 11 is 0. The Morgan fingerprint density at radius 3 is 2.77 bits per heavy atom. The molecule has 1 aromatic carbocycles. The van der Waals surface area contributed by atoms with E-state index in [-0.39, 0.29) is 12.0 Å². The summed E-state index contributed by atoms with van der Waals surface area (Å²) in [4.78, 5) is 32.7. The number of ether oxygens (including phenoxy) is 2. The van der Waals surface area contributed by atoms with Gasteiger partial charge in [-0.15, -0.1) is 0 Å². The number of benzene rings is 1. The van der Waals surface area contributed by atoms with E-state index in [1.165, 1.54) is 6.33 Å². The Morgan fingerprint density at radius 2 is 2.00 bits per heavy atom. The van der Waals surface area contributed by atoms with E-state index in [0.717, 1.165) is 48.6 Å². The lowest BCUT2D eigenvalue weighted by Crippen LogP contribution is -2.36. The van der Waals surface area contributed by atoms with Crippen molar-refractivity contribution in [1.82, 2.24) is 24.8 Å². The lowest BCUT2D eigenvalue weighted by atomic mass is 9.91. The van der Waals surface area contributed by atoms with E-state index in [0.29, 0.717) is 48.9 Å². The van der Waals surface area contributed by atoms with Crippen molar-refractivity contribution in [2.24, 2.45) is 5.92 Å². The number of aromatic nitrogens is 4. The molecule has 200 valence electrons. The molecule has 11 nitrogen and oxygen atoms in total. The van der Waals surface area contributed by atoms with Crippen molar-refractivity contribution in [1.29, 1.82) is 5.26 Å². The van der Waals surface area contributed by atoms with Crippen LogP contribution in [0.25, 0.3) is 28.1 Å². The number of morpholine rings is 1. The number of carbonyl (C=O) groups excluding carboxylic acids is 1. The second-order valence-electron chi connectivity index (χ2n) is 9.83. The molecule has 11 heteroatoms. The number of imidazole rings is 1. The number of likely N-dealkylation sites (tertiary alicyclic amines) is 1. The minimum absolute atomic E-state index is 0.201. The third-order valence-corrected chi connectivity index (χ3v) is 7.42. The lowest BCUT2D eigenvalue weighted by molar-refractivity contribution is -0.133. The lowest BCUT2D eigenvalue weighted by Gasteiger charge is -2.28. The number of aliphatic hydroxyl groups is 1. The SMILES string of the molecule is N#CC1CC(c2ncnc3nc(-c4ccc(N5CCOCC5)cc4)[nH]c23)=CC=C1OC1CCN(C(=O)CO)C1. The predicted molar refractivity (Wildman–Crippen MR) is 143 cm³/mol. The monoisotopic (exact) mass is 527 g/mol. The third-order valence-electron chi connectivity index (χ3n) is 7.42. The minimum Gasteiger partial charge on any atom is -0.491 e. The smallest absolute Gasteiger partial charge is 0.248 e. The summed E-state index contributed by atoms with van der Waals surface area (Å²) in [7, 11) is 0. The van der Waals surface area contributed by atoms with Gasteiger partial charge in [0.05, 0.1) is 31.5 Å². The number of nitrogens with one attached hydrogen (secondary N) is 1. The summed E-state index contributed by atoms with van der Waals surface area (Å²) in [5, 5.41) is 19.0. The number of aromatic amines is 1. The van der Waals surface area contributed by atoms with Gasteiger partial charge in [-0.25, -0.2) is 15.0 Å². The van der Waals surface area contributed by atoms with Gasteiger partial charge in [-0.2, -0.15) is 5.26 Å². The van der Waals surface area contributed by atoms with Crippen LogP contribution < -0.4 is 4.90 Å². The number of anilines is 1. The summed E-state index contributed by atoms with van der Waals surface area (Å²) in [6.45, 7) is 3.67. The normalized spacial score (nSPS) is 21.4. The first-order chi connectivity index (χ1) is 19.1. The third kappa shape index (κ3) is 5.08. The minimum atomic E-state index is -0.509. The predicted octanol–water partition coefficient (Wildman–Crippen LogP) is 2.28. The molecule has 2 aliphatic heterocycles. The first kappa shape index (κ1) is 25.0. The number of hydrogen-bond acceptors (Lipinski definition) is 9. The van der Waals surface area contributed by atoms with Crippen molar-refractivity contribution >= 4 is 28.3 Å². The highest BCUT2D eigenvalue weighted by atomic mass is 16.5. The van der Waals surface area contributed by atoms with Crippen LogP contribution in [0.5, 0.6) is 0 Å².